The average Bonchev–Trinajstić information content (AvgIpc) is 2.94. The molecule has 1 aromatic carbocycles. The van der Waals surface area contributed by atoms with Gasteiger partial charge in [0.2, 0.25) is 5.91 Å². The highest BCUT2D eigenvalue weighted by molar-refractivity contribution is 9.10. The first-order chi connectivity index (χ1) is 8.24. The summed E-state index contributed by atoms with van der Waals surface area (Å²) in [6.07, 6.45) is 4.96. The Labute approximate surface area is 110 Å². The molecule has 90 valence electrons. The van der Waals surface area contributed by atoms with Crippen molar-refractivity contribution < 1.29 is 4.79 Å². The molecular formula is C14H16BrNO. The summed E-state index contributed by atoms with van der Waals surface area (Å²) in [5.41, 5.74) is 0.889. The van der Waals surface area contributed by atoms with Crippen molar-refractivity contribution in [2.45, 2.75) is 25.7 Å². The largest absolute Gasteiger partial charge is 0.325 e. The molecule has 3 heteroatoms. The van der Waals surface area contributed by atoms with Crippen molar-refractivity contribution in [2.24, 2.45) is 17.8 Å². The van der Waals surface area contributed by atoms with Crippen molar-refractivity contribution in [3.8, 4) is 0 Å². The first kappa shape index (κ1) is 11.3. The summed E-state index contributed by atoms with van der Waals surface area (Å²) in [6, 6.07) is 7.80. The molecule has 0 aliphatic heterocycles. The minimum Gasteiger partial charge on any atom is -0.325 e. The second-order valence-electron chi connectivity index (χ2n) is 5.25. The molecule has 1 aromatic rings. The number of anilines is 1. The van der Waals surface area contributed by atoms with E-state index in [-0.39, 0.29) is 11.8 Å². The zero-order valence-electron chi connectivity index (χ0n) is 9.66. The van der Waals surface area contributed by atoms with Gasteiger partial charge in [-0.05, 0) is 59.2 Å². The molecule has 3 unspecified atom stereocenters. The summed E-state index contributed by atoms with van der Waals surface area (Å²) < 4.78 is 0.955. The Morgan fingerprint density at radius 3 is 2.71 bits per heavy atom. The van der Waals surface area contributed by atoms with Crippen LogP contribution in [0.25, 0.3) is 0 Å². The van der Waals surface area contributed by atoms with Crippen LogP contribution >= 0.6 is 15.9 Å². The third-order valence-corrected chi connectivity index (χ3v) is 4.90. The molecule has 17 heavy (non-hydrogen) atoms. The van der Waals surface area contributed by atoms with Gasteiger partial charge in [0.05, 0.1) is 5.69 Å². The zero-order chi connectivity index (χ0) is 11.8. The lowest BCUT2D eigenvalue weighted by atomic mass is 9.88. The number of benzene rings is 1. The molecule has 3 rings (SSSR count). The Hall–Kier alpha value is -0.830. The first-order valence-corrected chi connectivity index (χ1v) is 7.08. The van der Waals surface area contributed by atoms with E-state index >= 15 is 0 Å². The lowest BCUT2D eigenvalue weighted by Gasteiger charge is -2.21. The molecule has 0 radical (unpaired) electrons. The number of halogens is 1. The molecule has 0 heterocycles. The van der Waals surface area contributed by atoms with Gasteiger partial charge in [-0.3, -0.25) is 4.79 Å². The van der Waals surface area contributed by atoms with Gasteiger partial charge in [-0.1, -0.05) is 18.6 Å². The Morgan fingerprint density at radius 1 is 1.24 bits per heavy atom. The van der Waals surface area contributed by atoms with E-state index in [4.69, 9.17) is 0 Å². The van der Waals surface area contributed by atoms with E-state index in [0.717, 1.165) is 22.5 Å². The smallest absolute Gasteiger partial charge is 0.227 e. The summed E-state index contributed by atoms with van der Waals surface area (Å²) in [5, 5.41) is 3.05. The molecule has 2 aliphatic rings. The highest BCUT2D eigenvalue weighted by Gasteiger charge is 2.43. The van der Waals surface area contributed by atoms with Crippen LogP contribution in [0.15, 0.2) is 28.7 Å². The predicted octanol–water partition coefficient (Wildman–Crippen LogP) is 3.82. The van der Waals surface area contributed by atoms with Crippen molar-refractivity contribution in [2.75, 3.05) is 5.32 Å². The third-order valence-electron chi connectivity index (χ3n) is 4.21. The van der Waals surface area contributed by atoms with Gasteiger partial charge in [0, 0.05) is 10.4 Å². The van der Waals surface area contributed by atoms with Gasteiger partial charge in [0.25, 0.3) is 0 Å². The third kappa shape index (κ3) is 2.13. The maximum atomic E-state index is 12.2. The van der Waals surface area contributed by atoms with Crippen molar-refractivity contribution in [3.63, 3.8) is 0 Å². The predicted molar refractivity (Wildman–Crippen MR) is 71.7 cm³/mol. The molecule has 2 bridgehead atoms. The van der Waals surface area contributed by atoms with E-state index in [1.165, 1.54) is 19.3 Å². The molecule has 2 fully saturated rings. The number of fused-ring (bicyclic) bond motifs is 2. The van der Waals surface area contributed by atoms with E-state index in [1.807, 2.05) is 24.3 Å². The number of hydrogen-bond donors (Lipinski definition) is 1. The lowest BCUT2D eigenvalue weighted by molar-refractivity contribution is -0.121. The van der Waals surface area contributed by atoms with Crippen LogP contribution in [-0.4, -0.2) is 5.91 Å². The van der Waals surface area contributed by atoms with E-state index in [9.17, 15) is 4.79 Å². The number of carbonyl (C=O) groups is 1. The minimum atomic E-state index is 0.212. The average molecular weight is 294 g/mol. The fourth-order valence-corrected chi connectivity index (χ4v) is 3.74. The standard InChI is InChI=1S/C14H16BrNO/c15-12-3-1-2-4-13(12)16-14(17)11-8-9-5-6-10(11)7-9/h1-4,9-11H,5-8H2,(H,16,17). The number of amides is 1. The van der Waals surface area contributed by atoms with E-state index in [0.29, 0.717) is 5.92 Å². The molecule has 2 saturated carbocycles. The van der Waals surface area contributed by atoms with Crippen LogP contribution in [0.5, 0.6) is 0 Å². The number of nitrogens with one attached hydrogen (secondary N) is 1. The molecule has 0 saturated heterocycles. The van der Waals surface area contributed by atoms with Gasteiger partial charge in [-0.15, -0.1) is 0 Å². The van der Waals surface area contributed by atoms with Gasteiger partial charge in [-0.2, -0.15) is 0 Å². The SMILES string of the molecule is O=C(Nc1ccccc1Br)C1CC2CCC1C2. The summed E-state index contributed by atoms with van der Waals surface area (Å²) in [7, 11) is 0. The Bertz CT molecular complexity index is 446. The van der Waals surface area contributed by atoms with Crippen LogP contribution in [0.4, 0.5) is 5.69 Å². The summed E-state index contributed by atoms with van der Waals surface area (Å²) in [4.78, 5) is 12.2. The quantitative estimate of drug-likeness (QED) is 0.882. The summed E-state index contributed by atoms with van der Waals surface area (Å²) in [6.45, 7) is 0. The first-order valence-electron chi connectivity index (χ1n) is 6.29. The van der Waals surface area contributed by atoms with Crippen molar-refractivity contribution >= 4 is 27.5 Å². The highest BCUT2D eigenvalue weighted by atomic mass is 79.9. The van der Waals surface area contributed by atoms with E-state index in [1.54, 1.807) is 0 Å². The molecule has 1 N–H and O–H groups in total. The number of carbonyl (C=O) groups excluding carboxylic acids is 1. The molecule has 3 atom stereocenters. The molecule has 0 aromatic heterocycles. The number of hydrogen-bond acceptors (Lipinski definition) is 1. The van der Waals surface area contributed by atoms with Crippen LogP contribution in [-0.2, 0) is 4.79 Å². The lowest BCUT2D eigenvalue weighted by Crippen LogP contribution is -2.27. The Kier molecular flexibility index (Phi) is 2.95. The van der Waals surface area contributed by atoms with Gasteiger partial charge >= 0.3 is 0 Å². The summed E-state index contributed by atoms with van der Waals surface area (Å²) >= 11 is 3.46. The van der Waals surface area contributed by atoms with Crippen molar-refractivity contribution in [1.82, 2.24) is 0 Å². The fourth-order valence-electron chi connectivity index (χ4n) is 3.35. The van der Waals surface area contributed by atoms with Crippen LogP contribution < -0.4 is 5.32 Å². The van der Waals surface area contributed by atoms with E-state index in [2.05, 4.69) is 21.2 Å². The van der Waals surface area contributed by atoms with Crippen LogP contribution in [0, 0.1) is 17.8 Å². The molecular weight excluding hydrogens is 278 g/mol. The Balaban J connectivity index is 1.70. The fraction of sp³-hybridized carbons (Fsp3) is 0.500. The Morgan fingerprint density at radius 2 is 2.06 bits per heavy atom. The summed E-state index contributed by atoms with van der Waals surface area (Å²) in [5.74, 6) is 1.92. The molecule has 2 aliphatic carbocycles. The van der Waals surface area contributed by atoms with Crippen molar-refractivity contribution in [3.05, 3.63) is 28.7 Å². The normalized spacial score (nSPS) is 30.5. The van der Waals surface area contributed by atoms with Gasteiger partial charge in [0.15, 0.2) is 0 Å². The van der Waals surface area contributed by atoms with Gasteiger partial charge in [-0.25, -0.2) is 0 Å². The topological polar surface area (TPSA) is 29.1 Å². The molecule has 1 amide bonds. The van der Waals surface area contributed by atoms with Crippen LogP contribution in [0.1, 0.15) is 25.7 Å². The number of para-hydroxylation sites is 1. The van der Waals surface area contributed by atoms with Crippen LogP contribution in [0.2, 0.25) is 0 Å². The minimum absolute atomic E-state index is 0.212. The van der Waals surface area contributed by atoms with Crippen molar-refractivity contribution in [1.29, 1.82) is 0 Å². The molecule has 0 spiro atoms. The maximum absolute atomic E-state index is 12.2. The van der Waals surface area contributed by atoms with E-state index < -0.39 is 0 Å². The second-order valence-corrected chi connectivity index (χ2v) is 6.10. The molecule has 2 nitrogen and oxygen atoms in total. The van der Waals surface area contributed by atoms with Crippen LogP contribution in [0.3, 0.4) is 0 Å². The maximum Gasteiger partial charge on any atom is 0.227 e. The second kappa shape index (κ2) is 4.45. The zero-order valence-corrected chi connectivity index (χ0v) is 11.2. The monoisotopic (exact) mass is 293 g/mol. The van der Waals surface area contributed by atoms with Gasteiger partial charge < -0.3 is 5.32 Å². The number of rotatable bonds is 2. The highest BCUT2D eigenvalue weighted by Crippen LogP contribution is 2.48. The van der Waals surface area contributed by atoms with Gasteiger partial charge in [0.1, 0.15) is 0 Å².